The van der Waals surface area contributed by atoms with Gasteiger partial charge in [-0.15, -0.1) is 0 Å². The predicted octanol–water partition coefficient (Wildman–Crippen LogP) is 2.78. The summed E-state index contributed by atoms with van der Waals surface area (Å²) in [5, 5.41) is 0. The van der Waals surface area contributed by atoms with E-state index in [-0.39, 0.29) is 5.69 Å². The number of carbonyl (C=O) groups is 1. The van der Waals surface area contributed by atoms with Gasteiger partial charge in [-0.25, -0.2) is 9.78 Å². The lowest BCUT2D eigenvalue weighted by molar-refractivity contribution is 0.0595. The molecule has 1 heterocycles. The van der Waals surface area contributed by atoms with E-state index in [9.17, 15) is 4.79 Å². The molecule has 19 heavy (non-hydrogen) atoms. The van der Waals surface area contributed by atoms with Crippen LogP contribution in [0.2, 0.25) is 0 Å². The van der Waals surface area contributed by atoms with Gasteiger partial charge in [-0.2, -0.15) is 0 Å². The van der Waals surface area contributed by atoms with Gasteiger partial charge in [0.2, 0.25) is 0 Å². The van der Waals surface area contributed by atoms with Crippen LogP contribution in [0.15, 0.2) is 0 Å². The van der Waals surface area contributed by atoms with Gasteiger partial charge in [0.05, 0.1) is 7.11 Å². The second-order valence-corrected chi connectivity index (χ2v) is 4.91. The van der Waals surface area contributed by atoms with Crippen LogP contribution in [0.4, 0.5) is 5.82 Å². The summed E-state index contributed by atoms with van der Waals surface area (Å²) >= 11 is 0. The first-order valence-electron chi connectivity index (χ1n) is 6.95. The Kier molecular flexibility index (Phi) is 5.86. The molecule has 0 spiro atoms. The Morgan fingerprint density at radius 1 is 1.47 bits per heavy atom. The number of unbranched alkanes of at least 4 members (excludes halogenated alkanes) is 1. The number of ether oxygens (including phenoxy) is 1. The maximum Gasteiger partial charge on any atom is 0.360 e. The van der Waals surface area contributed by atoms with Crippen LogP contribution < -0.4 is 5.73 Å². The van der Waals surface area contributed by atoms with Gasteiger partial charge in [-0.3, -0.25) is 0 Å². The fourth-order valence-corrected chi connectivity index (χ4v) is 2.23. The summed E-state index contributed by atoms with van der Waals surface area (Å²) in [5.41, 5.74) is 6.24. The highest BCUT2D eigenvalue weighted by atomic mass is 16.5. The number of imidazole rings is 1. The first-order valence-corrected chi connectivity index (χ1v) is 6.95. The number of anilines is 1. The Morgan fingerprint density at radius 2 is 2.16 bits per heavy atom. The standard InChI is InChI=1S/C14H25N3O2/c1-5-7-8-11(6-2)9-17-10(3)16-12(13(17)15)14(18)19-4/h11H,5-9,15H2,1-4H3. The summed E-state index contributed by atoms with van der Waals surface area (Å²) in [7, 11) is 1.34. The number of nitrogens with zero attached hydrogens (tertiary/aromatic N) is 2. The number of rotatable bonds is 7. The van der Waals surface area contributed by atoms with Crippen LogP contribution in [0.25, 0.3) is 0 Å². The van der Waals surface area contributed by atoms with Gasteiger partial charge in [-0.1, -0.05) is 33.1 Å². The molecule has 5 heteroatoms. The van der Waals surface area contributed by atoms with Gasteiger partial charge in [-0.05, 0) is 19.3 Å². The Balaban J connectivity index is 2.88. The molecule has 0 fully saturated rings. The number of carbonyl (C=O) groups excluding carboxylic acids is 1. The van der Waals surface area contributed by atoms with Crippen molar-refractivity contribution in [1.29, 1.82) is 0 Å². The predicted molar refractivity (Wildman–Crippen MR) is 76.0 cm³/mol. The molecule has 1 aromatic heterocycles. The lowest BCUT2D eigenvalue weighted by Crippen LogP contribution is -2.14. The molecule has 2 N–H and O–H groups in total. The van der Waals surface area contributed by atoms with Crippen LogP contribution in [-0.4, -0.2) is 22.6 Å². The largest absolute Gasteiger partial charge is 0.464 e. The minimum atomic E-state index is -0.471. The molecular formula is C14H25N3O2. The molecule has 0 aliphatic carbocycles. The van der Waals surface area contributed by atoms with Crippen LogP contribution in [-0.2, 0) is 11.3 Å². The molecule has 0 radical (unpaired) electrons. The molecule has 0 amide bonds. The van der Waals surface area contributed by atoms with Crippen molar-refractivity contribution < 1.29 is 9.53 Å². The Morgan fingerprint density at radius 3 is 2.68 bits per heavy atom. The number of nitrogen functional groups attached to an aromatic ring is 1. The highest BCUT2D eigenvalue weighted by molar-refractivity contribution is 5.92. The van der Waals surface area contributed by atoms with E-state index in [1.807, 2.05) is 11.5 Å². The molecule has 5 nitrogen and oxygen atoms in total. The number of hydrogen-bond donors (Lipinski definition) is 1. The molecule has 0 saturated carbocycles. The molecule has 108 valence electrons. The van der Waals surface area contributed by atoms with E-state index >= 15 is 0 Å². The maximum absolute atomic E-state index is 11.5. The summed E-state index contributed by atoms with van der Waals surface area (Å²) in [5.74, 6) is 1.29. The SMILES string of the molecule is CCCCC(CC)Cn1c(C)nc(C(=O)OC)c1N. The molecule has 0 bridgehead atoms. The number of aryl methyl sites for hydroxylation is 1. The average Bonchev–Trinajstić information content (AvgIpc) is 2.69. The van der Waals surface area contributed by atoms with Crippen molar-refractivity contribution in [2.24, 2.45) is 5.92 Å². The quantitative estimate of drug-likeness (QED) is 0.771. The minimum Gasteiger partial charge on any atom is -0.464 e. The second kappa shape index (κ2) is 7.16. The third kappa shape index (κ3) is 3.72. The van der Waals surface area contributed by atoms with Gasteiger partial charge in [0.25, 0.3) is 0 Å². The molecule has 1 unspecified atom stereocenters. The Labute approximate surface area is 115 Å². The summed E-state index contributed by atoms with van der Waals surface area (Å²) in [6.45, 7) is 7.07. The van der Waals surface area contributed by atoms with Crippen LogP contribution in [0.3, 0.4) is 0 Å². The fourth-order valence-electron chi connectivity index (χ4n) is 2.23. The van der Waals surface area contributed by atoms with Crippen LogP contribution in [0, 0.1) is 12.8 Å². The number of esters is 1. The Bertz CT molecular complexity index is 427. The van der Waals surface area contributed by atoms with Crippen molar-refractivity contribution in [2.45, 2.75) is 53.0 Å². The van der Waals surface area contributed by atoms with E-state index in [0.29, 0.717) is 11.7 Å². The molecule has 0 aliphatic rings. The van der Waals surface area contributed by atoms with Gasteiger partial charge in [0.1, 0.15) is 11.6 Å². The van der Waals surface area contributed by atoms with Crippen molar-refractivity contribution in [3.63, 3.8) is 0 Å². The van der Waals surface area contributed by atoms with Gasteiger partial charge < -0.3 is 15.0 Å². The molecule has 1 aromatic rings. The lowest BCUT2D eigenvalue weighted by Gasteiger charge is -2.17. The highest BCUT2D eigenvalue weighted by Gasteiger charge is 2.20. The number of hydrogen-bond acceptors (Lipinski definition) is 4. The van der Waals surface area contributed by atoms with E-state index < -0.39 is 5.97 Å². The lowest BCUT2D eigenvalue weighted by atomic mass is 9.99. The zero-order chi connectivity index (χ0) is 14.4. The number of nitrogens with two attached hydrogens (primary N) is 1. The normalized spacial score (nSPS) is 12.4. The summed E-state index contributed by atoms with van der Waals surface area (Å²) in [6.07, 6.45) is 4.69. The molecule has 0 aromatic carbocycles. The van der Waals surface area contributed by atoms with E-state index in [1.165, 1.54) is 26.4 Å². The minimum absolute atomic E-state index is 0.227. The van der Waals surface area contributed by atoms with Crippen LogP contribution in [0.1, 0.15) is 55.8 Å². The fraction of sp³-hybridized carbons (Fsp3) is 0.714. The van der Waals surface area contributed by atoms with Crippen molar-refractivity contribution in [1.82, 2.24) is 9.55 Å². The molecule has 1 atom stereocenters. The van der Waals surface area contributed by atoms with Crippen LogP contribution in [0.5, 0.6) is 0 Å². The third-order valence-corrected chi connectivity index (χ3v) is 3.56. The third-order valence-electron chi connectivity index (χ3n) is 3.56. The molecular weight excluding hydrogens is 242 g/mol. The van der Waals surface area contributed by atoms with E-state index in [1.54, 1.807) is 0 Å². The van der Waals surface area contributed by atoms with Gasteiger partial charge >= 0.3 is 5.97 Å². The van der Waals surface area contributed by atoms with E-state index in [2.05, 4.69) is 23.6 Å². The topological polar surface area (TPSA) is 70.1 Å². The van der Waals surface area contributed by atoms with Crippen LogP contribution >= 0.6 is 0 Å². The summed E-state index contributed by atoms with van der Waals surface area (Å²) in [6, 6.07) is 0. The monoisotopic (exact) mass is 267 g/mol. The number of methoxy groups -OCH3 is 1. The second-order valence-electron chi connectivity index (χ2n) is 4.91. The summed E-state index contributed by atoms with van der Waals surface area (Å²) < 4.78 is 6.61. The van der Waals surface area contributed by atoms with Crippen molar-refractivity contribution in [3.8, 4) is 0 Å². The zero-order valence-electron chi connectivity index (χ0n) is 12.4. The van der Waals surface area contributed by atoms with E-state index in [0.717, 1.165) is 18.8 Å². The number of aromatic nitrogens is 2. The smallest absolute Gasteiger partial charge is 0.360 e. The molecule has 0 saturated heterocycles. The average molecular weight is 267 g/mol. The molecule has 0 aliphatic heterocycles. The molecule has 1 rings (SSSR count). The van der Waals surface area contributed by atoms with Gasteiger partial charge in [0, 0.05) is 6.54 Å². The zero-order valence-corrected chi connectivity index (χ0v) is 12.4. The summed E-state index contributed by atoms with van der Waals surface area (Å²) in [4.78, 5) is 15.8. The van der Waals surface area contributed by atoms with Gasteiger partial charge in [0.15, 0.2) is 5.69 Å². The van der Waals surface area contributed by atoms with Crippen molar-refractivity contribution in [3.05, 3.63) is 11.5 Å². The van der Waals surface area contributed by atoms with Crippen molar-refractivity contribution >= 4 is 11.8 Å². The van der Waals surface area contributed by atoms with Crippen molar-refractivity contribution in [2.75, 3.05) is 12.8 Å². The highest BCUT2D eigenvalue weighted by Crippen LogP contribution is 2.21. The first kappa shape index (κ1) is 15.5. The Hall–Kier alpha value is -1.52. The first-order chi connectivity index (χ1) is 9.04. The van der Waals surface area contributed by atoms with E-state index in [4.69, 9.17) is 5.73 Å². The maximum atomic E-state index is 11.5.